The van der Waals surface area contributed by atoms with E-state index in [2.05, 4.69) is 0 Å². The van der Waals surface area contributed by atoms with E-state index in [0.717, 1.165) is 5.56 Å². The molecule has 2 aliphatic rings. The van der Waals surface area contributed by atoms with E-state index in [0.29, 0.717) is 19.6 Å². The van der Waals surface area contributed by atoms with Crippen LogP contribution in [0.2, 0.25) is 0 Å². The molecule has 0 N–H and O–H groups in total. The summed E-state index contributed by atoms with van der Waals surface area (Å²) in [6.07, 6.45) is -0.722. The molecule has 0 aliphatic carbocycles. The van der Waals surface area contributed by atoms with Crippen LogP contribution in [0.3, 0.4) is 0 Å². The Hall–Kier alpha value is -2.61. The monoisotopic (exact) mass is 446 g/mol. The third kappa shape index (κ3) is 5.41. The van der Waals surface area contributed by atoms with E-state index in [1.165, 1.54) is 9.80 Å². The van der Waals surface area contributed by atoms with Crippen LogP contribution in [0.4, 0.5) is 9.59 Å². The number of cyclic esters (lactones) is 1. The maximum Gasteiger partial charge on any atom is 0.417 e. The number of benzene rings is 1. The van der Waals surface area contributed by atoms with Crippen LogP contribution in [0.5, 0.6) is 0 Å². The van der Waals surface area contributed by atoms with Crippen LogP contribution in [0.15, 0.2) is 30.3 Å². The Morgan fingerprint density at radius 1 is 1.22 bits per heavy atom. The molecule has 0 saturated carbocycles. The quantitative estimate of drug-likeness (QED) is 0.660. The summed E-state index contributed by atoms with van der Waals surface area (Å²) in [7, 11) is 0. The van der Waals surface area contributed by atoms with Crippen LogP contribution < -0.4 is 0 Å². The Bertz CT molecular complexity index is 835. The Morgan fingerprint density at radius 2 is 1.91 bits per heavy atom. The molecule has 3 amide bonds. The lowest BCUT2D eigenvalue weighted by molar-refractivity contribution is -0.144. The van der Waals surface area contributed by atoms with Crippen molar-refractivity contribution in [1.29, 1.82) is 0 Å². The first kappa shape index (κ1) is 24.0. The van der Waals surface area contributed by atoms with E-state index in [-0.39, 0.29) is 37.6 Å². The first-order valence-electron chi connectivity index (χ1n) is 11.1. The molecule has 2 fully saturated rings. The van der Waals surface area contributed by atoms with Crippen LogP contribution >= 0.6 is 0 Å². The standard InChI is InChI=1S/C24H34N2O6/c1-17(2)19-14-31-22(29)26(19)20(27)24(16-30-13-18-9-7-6-8-10-18)11-12-25(15-24)21(28)32-23(3,4)5/h6-10,17,19H,11-16H2,1-5H3/t19-,24?/m1/s1. The van der Waals surface area contributed by atoms with Gasteiger partial charge in [0.05, 0.1) is 24.7 Å². The average molecular weight is 447 g/mol. The normalized spacial score (nSPS) is 23.6. The van der Waals surface area contributed by atoms with Gasteiger partial charge in [-0.2, -0.15) is 0 Å². The van der Waals surface area contributed by atoms with Gasteiger partial charge in [0, 0.05) is 13.1 Å². The second kappa shape index (κ2) is 9.48. The molecule has 0 bridgehead atoms. The van der Waals surface area contributed by atoms with Crippen molar-refractivity contribution in [1.82, 2.24) is 9.80 Å². The van der Waals surface area contributed by atoms with Gasteiger partial charge in [-0.25, -0.2) is 14.5 Å². The molecule has 2 atom stereocenters. The molecule has 0 radical (unpaired) electrons. The van der Waals surface area contributed by atoms with Crippen molar-refractivity contribution >= 4 is 18.1 Å². The van der Waals surface area contributed by atoms with Gasteiger partial charge in [-0.15, -0.1) is 0 Å². The molecule has 176 valence electrons. The highest BCUT2D eigenvalue weighted by atomic mass is 16.6. The topological polar surface area (TPSA) is 85.4 Å². The van der Waals surface area contributed by atoms with Crippen LogP contribution in [0.1, 0.15) is 46.6 Å². The summed E-state index contributed by atoms with van der Waals surface area (Å²) >= 11 is 0. The van der Waals surface area contributed by atoms with Crippen LogP contribution in [0.25, 0.3) is 0 Å². The number of amides is 3. The van der Waals surface area contributed by atoms with Gasteiger partial charge in [-0.3, -0.25) is 4.79 Å². The Morgan fingerprint density at radius 3 is 2.53 bits per heavy atom. The number of carbonyl (C=O) groups is 3. The fourth-order valence-corrected chi connectivity index (χ4v) is 4.06. The molecule has 8 nitrogen and oxygen atoms in total. The molecule has 1 aromatic carbocycles. The number of nitrogens with zero attached hydrogens (tertiary/aromatic N) is 2. The van der Waals surface area contributed by atoms with Crippen molar-refractivity contribution in [3.05, 3.63) is 35.9 Å². The minimum absolute atomic E-state index is 0.0519. The predicted octanol–water partition coefficient (Wildman–Crippen LogP) is 3.83. The zero-order chi connectivity index (χ0) is 23.5. The molecule has 2 saturated heterocycles. The number of carbonyl (C=O) groups excluding carboxylic acids is 3. The fraction of sp³-hybridized carbons (Fsp3) is 0.625. The Labute approximate surface area is 189 Å². The van der Waals surface area contributed by atoms with E-state index in [4.69, 9.17) is 14.2 Å². The molecular formula is C24H34N2O6. The summed E-state index contributed by atoms with van der Waals surface area (Å²) in [5, 5.41) is 0. The summed E-state index contributed by atoms with van der Waals surface area (Å²) in [6, 6.07) is 9.33. The largest absolute Gasteiger partial charge is 0.447 e. The molecule has 32 heavy (non-hydrogen) atoms. The van der Waals surface area contributed by atoms with Crippen molar-refractivity contribution in [2.45, 2.75) is 59.3 Å². The van der Waals surface area contributed by atoms with Crippen molar-refractivity contribution in [2.75, 3.05) is 26.3 Å². The van der Waals surface area contributed by atoms with Crippen molar-refractivity contribution < 1.29 is 28.6 Å². The third-order valence-corrected chi connectivity index (χ3v) is 5.84. The molecule has 0 aromatic heterocycles. The molecular weight excluding hydrogens is 412 g/mol. The second-order valence-corrected chi connectivity index (χ2v) is 9.97. The van der Waals surface area contributed by atoms with Gasteiger partial charge in [-0.1, -0.05) is 44.2 Å². The summed E-state index contributed by atoms with van der Waals surface area (Å²) in [5.41, 5.74) is -0.697. The Balaban J connectivity index is 1.80. The zero-order valence-corrected chi connectivity index (χ0v) is 19.6. The summed E-state index contributed by atoms with van der Waals surface area (Å²) < 4.78 is 16.7. The average Bonchev–Trinajstić information content (AvgIpc) is 3.32. The van der Waals surface area contributed by atoms with E-state index < -0.39 is 23.2 Å². The molecule has 3 rings (SSSR count). The summed E-state index contributed by atoms with van der Waals surface area (Å²) in [4.78, 5) is 41.7. The van der Waals surface area contributed by atoms with Crippen molar-refractivity contribution in [3.63, 3.8) is 0 Å². The van der Waals surface area contributed by atoms with Gasteiger partial charge < -0.3 is 19.1 Å². The second-order valence-electron chi connectivity index (χ2n) is 9.97. The number of ether oxygens (including phenoxy) is 3. The fourth-order valence-electron chi connectivity index (χ4n) is 4.06. The smallest absolute Gasteiger partial charge is 0.417 e. The van der Waals surface area contributed by atoms with Gasteiger partial charge in [-0.05, 0) is 38.7 Å². The first-order chi connectivity index (χ1) is 15.0. The number of rotatable bonds is 6. The van der Waals surface area contributed by atoms with E-state index in [1.54, 1.807) is 20.8 Å². The minimum Gasteiger partial charge on any atom is -0.447 e. The third-order valence-electron chi connectivity index (χ3n) is 5.84. The van der Waals surface area contributed by atoms with Gasteiger partial charge in [0.2, 0.25) is 5.91 Å². The molecule has 1 aromatic rings. The number of likely N-dealkylation sites (tertiary alicyclic amines) is 1. The molecule has 1 unspecified atom stereocenters. The van der Waals surface area contributed by atoms with Crippen molar-refractivity contribution in [2.24, 2.45) is 11.3 Å². The number of hydrogen-bond acceptors (Lipinski definition) is 6. The number of imide groups is 1. The summed E-state index contributed by atoms with van der Waals surface area (Å²) in [5.74, 6) is -0.297. The lowest BCUT2D eigenvalue weighted by atomic mass is 9.85. The molecule has 2 heterocycles. The molecule has 8 heteroatoms. The van der Waals surface area contributed by atoms with Gasteiger partial charge in [0.15, 0.2) is 0 Å². The van der Waals surface area contributed by atoms with Crippen molar-refractivity contribution in [3.8, 4) is 0 Å². The lowest BCUT2D eigenvalue weighted by Crippen LogP contribution is -2.53. The van der Waals surface area contributed by atoms with E-state index in [1.807, 2.05) is 44.2 Å². The van der Waals surface area contributed by atoms with E-state index in [9.17, 15) is 14.4 Å². The number of hydrogen-bond donors (Lipinski definition) is 0. The molecule has 0 spiro atoms. The van der Waals surface area contributed by atoms with Gasteiger partial charge in [0.1, 0.15) is 12.2 Å². The van der Waals surface area contributed by atoms with Crippen LogP contribution in [-0.2, 0) is 25.6 Å². The van der Waals surface area contributed by atoms with Gasteiger partial charge >= 0.3 is 12.2 Å². The SMILES string of the molecule is CC(C)[C@H]1COC(=O)N1C(=O)C1(COCc2ccccc2)CCN(C(=O)OC(C)(C)C)C1. The predicted molar refractivity (Wildman–Crippen MR) is 118 cm³/mol. The Kier molecular flexibility index (Phi) is 7.12. The van der Waals surface area contributed by atoms with Crippen LogP contribution in [0, 0.1) is 11.3 Å². The highest BCUT2D eigenvalue weighted by molar-refractivity contribution is 5.97. The highest BCUT2D eigenvalue weighted by Gasteiger charge is 2.53. The van der Waals surface area contributed by atoms with Crippen LogP contribution in [-0.4, -0.2) is 65.8 Å². The lowest BCUT2D eigenvalue weighted by Gasteiger charge is -2.33. The zero-order valence-electron chi connectivity index (χ0n) is 19.6. The van der Waals surface area contributed by atoms with E-state index >= 15 is 0 Å². The minimum atomic E-state index is -1.04. The first-order valence-corrected chi connectivity index (χ1v) is 11.1. The van der Waals surface area contributed by atoms with Gasteiger partial charge in [0.25, 0.3) is 0 Å². The maximum absolute atomic E-state index is 13.8. The maximum atomic E-state index is 13.8. The molecule has 2 aliphatic heterocycles. The summed E-state index contributed by atoms with van der Waals surface area (Å²) in [6.45, 7) is 10.4. The highest BCUT2D eigenvalue weighted by Crippen LogP contribution is 2.37.